The van der Waals surface area contributed by atoms with Crippen LogP contribution in [0, 0.1) is 5.92 Å². The Bertz CT molecular complexity index is 1940. The van der Waals surface area contributed by atoms with Crippen LogP contribution >= 0.6 is 15.6 Å². The Hall–Kier alpha value is -1.94. The second kappa shape index (κ2) is 75.9. The summed E-state index contributed by atoms with van der Waals surface area (Å²) in [5.41, 5.74) is 0. The predicted molar refractivity (Wildman–Crippen MR) is 418 cm³/mol. The lowest BCUT2D eigenvalue weighted by atomic mass is 10.0. The van der Waals surface area contributed by atoms with Crippen LogP contribution in [-0.2, 0) is 65.4 Å². The maximum absolute atomic E-state index is 13.1. The van der Waals surface area contributed by atoms with Crippen LogP contribution in [0.25, 0.3) is 0 Å². The number of phosphoric acid groups is 2. The summed E-state index contributed by atoms with van der Waals surface area (Å²) in [7, 11) is -9.91. The molecule has 3 N–H and O–H groups in total. The summed E-state index contributed by atoms with van der Waals surface area (Å²) in [6.45, 7) is 7.27. The highest BCUT2D eigenvalue weighted by Gasteiger charge is 2.30. The van der Waals surface area contributed by atoms with E-state index >= 15 is 0 Å². The Morgan fingerprint density at radius 1 is 0.265 bits per heavy atom. The number of aliphatic hydroxyl groups is 1. The van der Waals surface area contributed by atoms with Crippen molar-refractivity contribution in [3.05, 3.63) is 0 Å². The molecule has 0 radical (unpaired) electrons. The van der Waals surface area contributed by atoms with E-state index in [2.05, 4.69) is 34.6 Å². The molecule has 0 heterocycles. The van der Waals surface area contributed by atoms with Crippen LogP contribution in [-0.4, -0.2) is 96.7 Å². The van der Waals surface area contributed by atoms with Crippen molar-refractivity contribution in [3.63, 3.8) is 0 Å². The van der Waals surface area contributed by atoms with E-state index in [1.807, 2.05) is 0 Å². The largest absolute Gasteiger partial charge is 0.472 e. The van der Waals surface area contributed by atoms with Gasteiger partial charge in [0.25, 0.3) is 0 Å². The average molecular weight is 1490 g/mol. The van der Waals surface area contributed by atoms with Crippen LogP contribution in [0.1, 0.15) is 446 Å². The summed E-state index contributed by atoms with van der Waals surface area (Å²) < 4.78 is 68.5. The molecule has 0 bridgehead atoms. The summed E-state index contributed by atoms with van der Waals surface area (Å²) >= 11 is 0. The minimum absolute atomic E-state index is 0.107. The molecule has 0 saturated heterocycles. The van der Waals surface area contributed by atoms with E-state index in [1.54, 1.807) is 0 Å². The Balaban J connectivity index is 5.10. The van der Waals surface area contributed by atoms with Gasteiger partial charge in [0.1, 0.15) is 19.3 Å². The van der Waals surface area contributed by atoms with Crippen LogP contribution < -0.4 is 0 Å². The Morgan fingerprint density at radius 3 is 0.667 bits per heavy atom. The minimum Gasteiger partial charge on any atom is -0.462 e. The third-order valence-electron chi connectivity index (χ3n) is 19.5. The predicted octanol–water partition coefficient (Wildman–Crippen LogP) is 25.2. The molecule has 606 valence electrons. The fourth-order valence-electron chi connectivity index (χ4n) is 12.9. The van der Waals surface area contributed by atoms with E-state index in [0.29, 0.717) is 25.7 Å². The van der Waals surface area contributed by atoms with Crippen LogP contribution in [0.2, 0.25) is 0 Å². The number of phosphoric ester groups is 2. The molecule has 0 aromatic heterocycles. The topological polar surface area (TPSA) is 237 Å². The van der Waals surface area contributed by atoms with Gasteiger partial charge in [0.2, 0.25) is 0 Å². The van der Waals surface area contributed by atoms with E-state index in [0.717, 1.165) is 102 Å². The molecule has 5 atom stereocenters. The molecule has 102 heavy (non-hydrogen) atoms. The molecule has 0 aliphatic carbocycles. The molecule has 2 unspecified atom stereocenters. The van der Waals surface area contributed by atoms with Crippen molar-refractivity contribution in [2.75, 3.05) is 39.6 Å². The highest BCUT2D eigenvalue weighted by atomic mass is 31.2. The van der Waals surface area contributed by atoms with E-state index < -0.39 is 97.5 Å². The van der Waals surface area contributed by atoms with Crippen molar-refractivity contribution in [2.24, 2.45) is 5.92 Å². The number of carbonyl (C=O) groups is 4. The quantitative estimate of drug-likeness (QED) is 0.0222. The van der Waals surface area contributed by atoms with Gasteiger partial charge in [-0.05, 0) is 31.6 Å². The van der Waals surface area contributed by atoms with Crippen molar-refractivity contribution in [1.82, 2.24) is 0 Å². The maximum Gasteiger partial charge on any atom is 0.472 e. The van der Waals surface area contributed by atoms with E-state index in [-0.39, 0.29) is 25.7 Å². The third kappa shape index (κ3) is 76.3. The Morgan fingerprint density at radius 2 is 0.451 bits per heavy atom. The lowest BCUT2D eigenvalue weighted by Gasteiger charge is -2.21. The first-order valence-electron chi connectivity index (χ1n) is 43.1. The van der Waals surface area contributed by atoms with Gasteiger partial charge in [-0.3, -0.25) is 37.3 Å². The zero-order valence-corrected chi connectivity index (χ0v) is 68.5. The number of hydrogen-bond acceptors (Lipinski definition) is 15. The number of hydrogen-bond donors (Lipinski definition) is 3. The number of unbranched alkanes of at least 4 members (excludes halogenated alkanes) is 55. The smallest absolute Gasteiger partial charge is 0.462 e. The molecule has 0 saturated carbocycles. The van der Waals surface area contributed by atoms with Gasteiger partial charge >= 0.3 is 39.5 Å². The summed E-state index contributed by atoms with van der Waals surface area (Å²) in [6, 6.07) is 0. The van der Waals surface area contributed by atoms with Gasteiger partial charge in [-0.2, -0.15) is 0 Å². The average Bonchev–Trinajstić information content (AvgIpc) is 0.951. The lowest BCUT2D eigenvalue weighted by molar-refractivity contribution is -0.161. The molecule has 0 fully saturated rings. The van der Waals surface area contributed by atoms with Crippen molar-refractivity contribution in [1.29, 1.82) is 0 Å². The molecule has 0 aliphatic rings. The minimum atomic E-state index is -4.96. The fraction of sp³-hybridized carbons (Fsp3) is 0.952. The van der Waals surface area contributed by atoms with Gasteiger partial charge in [-0.1, -0.05) is 394 Å². The van der Waals surface area contributed by atoms with Crippen molar-refractivity contribution in [3.8, 4) is 0 Å². The first-order chi connectivity index (χ1) is 49.5. The third-order valence-corrected chi connectivity index (χ3v) is 21.4. The normalized spacial score (nSPS) is 13.8. The maximum atomic E-state index is 13.1. The van der Waals surface area contributed by atoms with Crippen LogP contribution in [0.3, 0.4) is 0 Å². The van der Waals surface area contributed by atoms with E-state index in [1.165, 1.54) is 263 Å². The molecule has 19 heteroatoms. The van der Waals surface area contributed by atoms with Crippen LogP contribution in [0.4, 0.5) is 0 Å². The van der Waals surface area contributed by atoms with Gasteiger partial charge < -0.3 is 33.8 Å². The molecule has 0 amide bonds. The van der Waals surface area contributed by atoms with E-state index in [4.69, 9.17) is 37.0 Å². The standard InChI is InChI=1S/C83H162O17P2/c1-6-9-12-15-17-19-21-23-25-27-29-30-31-32-34-36-41-45-49-53-58-64-69-83(88)100-79(73-94-81(86)67-62-57-52-48-44-40-35-33-28-26-24-22-20-18-16-13-10-7-2)75-98-102(91,92)96-71-77(84)70-95-101(89,90)97-74-78(72-93-80(85)66-61-55-14-11-8-3)99-82(87)68-63-59-54-50-46-42-38-37-39-43-47-51-56-60-65-76(4)5/h76-79,84H,6-75H2,1-5H3,(H,89,90)(H,91,92)/t77-,78+,79+/m0/s1. The zero-order valence-electron chi connectivity index (χ0n) is 66.8. The number of esters is 4. The monoisotopic (exact) mass is 1490 g/mol. The molecular formula is C83H162O17P2. The second-order valence-electron chi connectivity index (χ2n) is 30.3. The molecule has 0 rings (SSSR count). The summed E-state index contributed by atoms with van der Waals surface area (Å²) in [5.74, 6) is -1.32. The van der Waals surface area contributed by atoms with Gasteiger partial charge in [-0.25, -0.2) is 9.13 Å². The number of rotatable bonds is 83. The summed E-state index contributed by atoms with van der Waals surface area (Å²) in [6.07, 6.45) is 68.6. The Kier molecular flexibility index (Phi) is 74.4. The van der Waals surface area contributed by atoms with Crippen molar-refractivity contribution < 1.29 is 80.2 Å². The first kappa shape index (κ1) is 100. The lowest BCUT2D eigenvalue weighted by Crippen LogP contribution is -2.30. The molecule has 0 aliphatic heterocycles. The fourth-order valence-corrected chi connectivity index (χ4v) is 14.5. The summed E-state index contributed by atoms with van der Waals surface area (Å²) in [4.78, 5) is 72.8. The highest BCUT2D eigenvalue weighted by molar-refractivity contribution is 7.47. The van der Waals surface area contributed by atoms with Gasteiger partial charge in [0.15, 0.2) is 12.2 Å². The second-order valence-corrected chi connectivity index (χ2v) is 33.3. The zero-order chi connectivity index (χ0) is 74.8. The number of ether oxygens (including phenoxy) is 4. The number of carbonyl (C=O) groups excluding carboxylic acids is 4. The molecule has 17 nitrogen and oxygen atoms in total. The van der Waals surface area contributed by atoms with Crippen molar-refractivity contribution in [2.45, 2.75) is 464 Å². The van der Waals surface area contributed by atoms with Crippen LogP contribution in [0.15, 0.2) is 0 Å². The molecule has 0 aromatic carbocycles. The van der Waals surface area contributed by atoms with Crippen molar-refractivity contribution >= 4 is 39.5 Å². The SMILES string of the molecule is CCCCCCCCCCCCCCCCCCCCCCCCC(=O)O[C@H](COC(=O)CCCCCCCCCCCCCCCCCCCC)COP(=O)(O)OC[C@@H](O)COP(=O)(O)OC[C@@H](COC(=O)CCCCCCC)OC(=O)CCCCCCCCCCCCCCCCC(C)C. The first-order valence-corrected chi connectivity index (χ1v) is 46.1. The molecule has 0 spiro atoms. The van der Waals surface area contributed by atoms with Gasteiger partial charge in [0, 0.05) is 25.7 Å². The number of aliphatic hydroxyl groups excluding tert-OH is 1. The van der Waals surface area contributed by atoms with Crippen LogP contribution in [0.5, 0.6) is 0 Å². The Labute approximate surface area is 626 Å². The van der Waals surface area contributed by atoms with E-state index in [9.17, 15) is 43.2 Å². The molecule has 0 aromatic rings. The summed E-state index contributed by atoms with van der Waals surface area (Å²) in [5, 5.41) is 10.6. The van der Waals surface area contributed by atoms with Gasteiger partial charge in [0.05, 0.1) is 26.4 Å². The molecular weight excluding hydrogens is 1330 g/mol. The van der Waals surface area contributed by atoms with Gasteiger partial charge in [-0.15, -0.1) is 0 Å². The highest BCUT2D eigenvalue weighted by Crippen LogP contribution is 2.45.